The minimum absolute atomic E-state index is 0.0326. The molecule has 0 bridgehead atoms. The molecule has 3 fully saturated rings. The van der Waals surface area contributed by atoms with Gasteiger partial charge in [-0.1, -0.05) is 11.2 Å². The zero-order valence-corrected chi connectivity index (χ0v) is 21.8. The normalized spacial score (nSPS) is 23.1. The van der Waals surface area contributed by atoms with Gasteiger partial charge in [0.25, 0.3) is 5.92 Å². The van der Waals surface area contributed by atoms with E-state index in [2.05, 4.69) is 25.5 Å². The molecule has 14 heteroatoms. The number of halogens is 5. The van der Waals surface area contributed by atoms with E-state index in [1.54, 1.807) is 13.0 Å². The van der Waals surface area contributed by atoms with Gasteiger partial charge in [0, 0.05) is 38.5 Å². The van der Waals surface area contributed by atoms with Gasteiger partial charge in [0.2, 0.25) is 17.7 Å². The highest BCUT2D eigenvalue weighted by atomic mass is 19.3. The molecule has 0 spiro atoms. The van der Waals surface area contributed by atoms with Crippen LogP contribution in [0.25, 0.3) is 11.0 Å². The molecule has 1 aliphatic carbocycles. The Hall–Kier alpha value is -3.29. The molecule has 3 aliphatic rings. The SMILES string of the molecule is Cc1nnc(NC(c2nc3c(F)c(C4(C(=O)N5CC(F)(F)C5)CCOCC4)ccc3[nH]2)C2CCC(F)(F)CC2)o1. The molecule has 0 radical (unpaired) electrons. The van der Waals surface area contributed by atoms with E-state index < -0.39 is 48.1 Å². The van der Waals surface area contributed by atoms with Gasteiger partial charge in [0.05, 0.1) is 30.1 Å². The van der Waals surface area contributed by atoms with Gasteiger partial charge in [-0.05, 0) is 37.7 Å². The van der Waals surface area contributed by atoms with E-state index >= 15 is 4.39 Å². The largest absolute Gasteiger partial charge is 0.408 e. The van der Waals surface area contributed by atoms with E-state index in [0.717, 1.165) is 4.90 Å². The number of amides is 1. The number of aryl methyl sites for hydroxylation is 1. The average Bonchev–Trinajstić information content (AvgIpc) is 3.52. The van der Waals surface area contributed by atoms with Crippen molar-refractivity contribution < 1.29 is 35.9 Å². The monoisotopic (exact) mass is 568 g/mol. The zero-order valence-electron chi connectivity index (χ0n) is 21.8. The molecular formula is C26H29F5N6O3. The Labute approximate surface area is 225 Å². The highest BCUT2D eigenvalue weighted by Gasteiger charge is 2.54. The Bertz CT molecular complexity index is 1400. The molecule has 40 heavy (non-hydrogen) atoms. The predicted octanol–water partition coefficient (Wildman–Crippen LogP) is 4.90. The molecule has 1 atom stereocenters. The number of aromatic amines is 1. The summed E-state index contributed by atoms with van der Waals surface area (Å²) in [6.07, 6.45) is 0.0931. The fraction of sp³-hybridized carbons (Fsp3) is 0.615. The summed E-state index contributed by atoms with van der Waals surface area (Å²) in [5.74, 6) is -6.66. The van der Waals surface area contributed by atoms with Crippen LogP contribution in [0.15, 0.2) is 16.5 Å². The molecule has 9 nitrogen and oxygen atoms in total. The summed E-state index contributed by atoms with van der Waals surface area (Å²) in [4.78, 5) is 22.2. The zero-order chi connectivity index (χ0) is 28.3. The number of ether oxygens (including phenoxy) is 1. The third-order valence-electron chi connectivity index (χ3n) is 8.35. The third-order valence-corrected chi connectivity index (χ3v) is 8.35. The number of benzene rings is 1. The van der Waals surface area contributed by atoms with Crippen LogP contribution in [0.3, 0.4) is 0 Å². The van der Waals surface area contributed by atoms with Crippen molar-refractivity contribution in [3.05, 3.63) is 35.2 Å². The maximum absolute atomic E-state index is 16.2. The predicted molar refractivity (Wildman–Crippen MR) is 132 cm³/mol. The first-order chi connectivity index (χ1) is 19.0. The summed E-state index contributed by atoms with van der Waals surface area (Å²) in [6, 6.07) is 2.52. The number of hydrogen-bond donors (Lipinski definition) is 2. The number of H-pyrrole nitrogens is 1. The third kappa shape index (κ3) is 4.79. The van der Waals surface area contributed by atoms with Crippen LogP contribution in [-0.2, 0) is 14.9 Å². The number of imidazole rings is 1. The lowest BCUT2D eigenvalue weighted by atomic mass is 9.72. The molecule has 2 saturated heterocycles. The number of aromatic nitrogens is 4. The van der Waals surface area contributed by atoms with Crippen molar-refractivity contribution in [1.29, 1.82) is 0 Å². The minimum Gasteiger partial charge on any atom is -0.408 e. The summed E-state index contributed by atoms with van der Waals surface area (Å²) >= 11 is 0. The summed E-state index contributed by atoms with van der Waals surface area (Å²) in [7, 11) is 0. The van der Waals surface area contributed by atoms with Crippen LogP contribution in [-0.4, -0.2) is 69.1 Å². The van der Waals surface area contributed by atoms with Crippen molar-refractivity contribution in [3.8, 4) is 0 Å². The van der Waals surface area contributed by atoms with Gasteiger partial charge in [0.1, 0.15) is 11.3 Å². The van der Waals surface area contributed by atoms with Gasteiger partial charge in [-0.15, -0.1) is 5.10 Å². The van der Waals surface area contributed by atoms with Gasteiger partial charge >= 0.3 is 6.01 Å². The molecule has 2 N–H and O–H groups in total. The van der Waals surface area contributed by atoms with Gasteiger partial charge < -0.3 is 24.4 Å². The van der Waals surface area contributed by atoms with Crippen LogP contribution < -0.4 is 5.32 Å². The number of anilines is 1. The van der Waals surface area contributed by atoms with Crippen LogP contribution in [0.5, 0.6) is 0 Å². The molecule has 1 aromatic carbocycles. The Balaban J connectivity index is 1.37. The summed E-state index contributed by atoms with van der Waals surface area (Å²) in [5, 5.41) is 10.8. The van der Waals surface area contributed by atoms with Gasteiger partial charge in [-0.3, -0.25) is 4.79 Å². The van der Waals surface area contributed by atoms with Crippen LogP contribution >= 0.6 is 0 Å². The number of nitrogens with zero attached hydrogens (tertiary/aromatic N) is 4. The molecule has 6 rings (SSSR count). The van der Waals surface area contributed by atoms with Crippen LogP contribution in [0, 0.1) is 18.7 Å². The van der Waals surface area contributed by atoms with E-state index in [0.29, 0.717) is 17.2 Å². The first-order valence-electron chi connectivity index (χ1n) is 13.3. The molecule has 1 saturated carbocycles. The van der Waals surface area contributed by atoms with E-state index in [1.807, 2.05) is 0 Å². The lowest BCUT2D eigenvalue weighted by Gasteiger charge is -2.46. The second kappa shape index (κ2) is 9.67. The number of nitrogens with one attached hydrogen (secondary N) is 2. The minimum atomic E-state index is -2.95. The number of carbonyl (C=O) groups is 1. The second-order valence-electron chi connectivity index (χ2n) is 11.1. The maximum atomic E-state index is 16.2. The van der Waals surface area contributed by atoms with Crippen molar-refractivity contribution >= 4 is 23.0 Å². The van der Waals surface area contributed by atoms with E-state index in [-0.39, 0.29) is 74.8 Å². The Morgan fingerprint density at radius 1 is 1.07 bits per heavy atom. The molecule has 3 aromatic rings. The second-order valence-corrected chi connectivity index (χ2v) is 11.1. The summed E-state index contributed by atoms with van der Waals surface area (Å²) < 4.78 is 82.2. The molecule has 1 unspecified atom stereocenters. The number of hydrogen-bond acceptors (Lipinski definition) is 7. The molecule has 2 aromatic heterocycles. The van der Waals surface area contributed by atoms with E-state index in [1.165, 1.54) is 6.07 Å². The van der Waals surface area contributed by atoms with Crippen LogP contribution in [0.1, 0.15) is 61.8 Å². The number of rotatable bonds is 6. The fourth-order valence-corrected chi connectivity index (χ4v) is 6.15. The van der Waals surface area contributed by atoms with Crippen molar-refractivity contribution in [2.24, 2.45) is 5.92 Å². The van der Waals surface area contributed by atoms with Crippen LogP contribution in [0.2, 0.25) is 0 Å². The molecule has 1 amide bonds. The lowest BCUT2D eigenvalue weighted by molar-refractivity contribution is -0.174. The standard InChI is InChI=1S/C26H29F5N6O3/c1-14-35-36-23(40-14)34-19(15-4-6-25(28,29)7-5-15)21-32-17-3-2-16(18(27)20(17)33-21)24(8-10-39-11-9-24)22(38)37-12-26(30,31)13-37/h2-3,15,19H,4-13H2,1H3,(H,32,33)(H,34,36). The smallest absolute Gasteiger partial charge is 0.316 e. The maximum Gasteiger partial charge on any atom is 0.316 e. The number of fused-ring (bicyclic) bond motifs is 1. The van der Waals surface area contributed by atoms with Gasteiger partial charge in [-0.25, -0.2) is 26.9 Å². The van der Waals surface area contributed by atoms with E-state index in [4.69, 9.17) is 9.15 Å². The Kier molecular flexibility index (Phi) is 6.50. The van der Waals surface area contributed by atoms with Gasteiger partial charge in [0.15, 0.2) is 5.82 Å². The Morgan fingerprint density at radius 2 is 1.77 bits per heavy atom. The highest BCUT2D eigenvalue weighted by molar-refractivity contribution is 5.91. The quantitative estimate of drug-likeness (QED) is 0.407. The number of carbonyl (C=O) groups excluding carboxylic acids is 1. The first kappa shape index (κ1) is 26.9. The van der Waals surface area contributed by atoms with Crippen molar-refractivity contribution in [3.63, 3.8) is 0 Å². The molecule has 216 valence electrons. The van der Waals surface area contributed by atoms with Crippen molar-refractivity contribution in [2.75, 3.05) is 31.6 Å². The van der Waals surface area contributed by atoms with Crippen LogP contribution in [0.4, 0.5) is 28.0 Å². The average molecular weight is 569 g/mol. The molecular weight excluding hydrogens is 539 g/mol. The first-order valence-corrected chi connectivity index (χ1v) is 13.3. The molecule has 4 heterocycles. The number of likely N-dealkylation sites (tertiary alicyclic amines) is 1. The van der Waals surface area contributed by atoms with Gasteiger partial charge in [-0.2, -0.15) is 0 Å². The van der Waals surface area contributed by atoms with E-state index in [9.17, 15) is 22.4 Å². The topological polar surface area (TPSA) is 109 Å². The summed E-state index contributed by atoms with van der Waals surface area (Å²) in [5.41, 5.74) is -0.971. The van der Waals surface area contributed by atoms with Crippen molar-refractivity contribution in [2.45, 2.75) is 68.8 Å². The molecule has 2 aliphatic heterocycles. The highest BCUT2D eigenvalue weighted by Crippen LogP contribution is 2.44. The Morgan fingerprint density at radius 3 is 2.40 bits per heavy atom. The fourth-order valence-electron chi connectivity index (χ4n) is 6.15. The summed E-state index contributed by atoms with van der Waals surface area (Å²) in [6.45, 7) is 0.575. The number of alkyl halides is 4. The van der Waals surface area contributed by atoms with Crippen molar-refractivity contribution in [1.82, 2.24) is 25.1 Å². The lowest BCUT2D eigenvalue weighted by Crippen LogP contribution is -2.63.